The van der Waals surface area contributed by atoms with Crippen molar-refractivity contribution in [2.45, 2.75) is 37.6 Å². The highest BCUT2D eigenvalue weighted by Gasteiger charge is 2.21. The number of rotatable bonds is 5. The maximum Gasteiger partial charge on any atom is 0.167 e. The summed E-state index contributed by atoms with van der Waals surface area (Å²) in [5.41, 5.74) is 9.02. The first-order valence-electron chi connectivity index (χ1n) is 6.87. The van der Waals surface area contributed by atoms with E-state index in [-0.39, 0.29) is 5.78 Å². The van der Waals surface area contributed by atoms with E-state index in [2.05, 4.69) is 15.4 Å². The van der Waals surface area contributed by atoms with Gasteiger partial charge in [0.1, 0.15) is 0 Å². The summed E-state index contributed by atoms with van der Waals surface area (Å²) in [7, 11) is -0.677. The summed E-state index contributed by atoms with van der Waals surface area (Å²) in [6.07, 6.45) is 4.43. The average Bonchev–Trinajstić information content (AvgIpc) is 2.96. The van der Waals surface area contributed by atoms with Gasteiger partial charge in [-0.15, -0.1) is 0 Å². The summed E-state index contributed by atoms with van der Waals surface area (Å²) in [6.45, 7) is 5.66. The molecule has 1 heterocycles. The second-order valence-electron chi connectivity index (χ2n) is 5.34. The highest BCUT2D eigenvalue weighted by molar-refractivity contribution is 8.23. The number of Topliss-reactive ketones (excluding diaryl/α,β-unsaturated/α-hetero) is 1. The van der Waals surface area contributed by atoms with Crippen LogP contribution in [-0.2, 0) is 10.3 Å². The van der Waals surface area contributed by atoms with E-state index >= 15 is 0 Å². The quantitative estimate of drug-likeness (QED) is 0.354. The van der Waals surface area contributed by atoms with Crippen LogP contribution in [0.5, 0.6) is 0 Å². The molecule has 0 fully saturated rings. The summed E-state index contributed by atoms with van der Waals surface area (Å²) >= 11 is 0. The van der Waals surface area contributed by atoms with Gasteiger partial charge >= 0.3 is 0 Å². The van der Waals surface area contributed by atoms with Crippen LogP contribution >= 0.6 is 10.9 Å². The molecule has 0 aliphatic carbocycles. The normalized spacial score (nSPS) is 19.0. The molecule has 2 rings (SSSR count). The molecule has 1 aliphatic rings. The molecule has 0 radical (unpaired) electrons. The molecule has 1 aromatic carbocycles. The SMILES string of the molecule is CCC(=O)C1=CC=C[SH]1c1ccc(C(C)(C)N=[N+]=[N-])cc1. The lowest BCUT2D eigenvalue weighted by Crippen LogP contribution is -2.12. The molecule has 0 aromatic heterocycles. The predicted octanol–water partition coefficient (Wildman–Crippen LogP) is 4.98. The van der Waals surface area contributed by atoms with Crippen LogP contribution in [0.4, 0.5) is 0 Å². The second kappa shape index (κ2) is 6.20. The fraction of sp³-hybridized carbons (Fsp3) is 0.312. The Morgan fingerprint density at radius 2 is 2.00 bits per heavy atom. The van der Waals surface area contributed by atoms with Gasteiger partial charge in [-0.1, -0.05) is 44.1 Å². The Morgan fingerprint density at radius 1 is 1.33 bits per heavy atom. The van der Waals surface area contributed by atoms with Gasteiger partial charge in [-0.3, -0.25) is 4.79 Å². The van der Waals surface area contributed by atoms with Crippen molar-refractivity contribution in [2.75, 3.05) is 0 Å². The minimum atomic E-state index is -0.677. The molecule has 5 heteroatoms. The summed E-state index contributed by atoms with van der Waals surface area (Å²) < 4.78 is 0. The number of carbonyl (C=O) groups is 1. The van der Waals surface area contributed by atoms with Crippen LogP contribution in [0.1, 0.15) is 32.8 Å². The van der Waals surface area contributed by atoms with Gasteiger partial charge in [0.2, 0.25) is 0 Å². The molecule has 0 bridgehead atoms. The van der Waals surface area contributed by atoms with Crippen molar-refractivity contribution in [1.82, 2.24) is 0 Å². The molecule has 21 heavy (non-hydrogen) atoms. The van der Waals surface area contributed by atoms with Crippen LogP contribution < -0.4 is 0 Å². The summed E-state index contributed by atoms with van der Waals surface area (Å²) in [5.74, 6) is 0.213. The Bertz CT molecular complexity index is 653. The molecule has 1 aromatic rings. The van der Waals surface area contributed by atoms with Crippen LogP contribution in [-0.4, -0.2) is 5.78 Å². The van der Waals surface area contributed by atoms with Crippen molar-refractivity contribution in [3.05, 3.63) is 62.7 Å². The molecule has 0 saturated carbocycles. The van der Waals surface area contributed by atoms with Crippen molar-refractivity contribution >= 4 is 16.7 Å². The molecular weight excluding hydrogens is 282 g/mol. The zero-order valence-corrected chi connectivity index (χ0v) is 13.3. The van der Waals surface area contributed by atoms with Crippen LogP contribution in [0.15, 0.2) is 56.7 Å². The molecule has 110 valence electrons. The highest BCUT2D eigenvalue weighted by Crippen LogP contribution is 2.49. The van der Waals surface area contributed by atoms with Crippen molar-refractivity contribution in [3.63, 3.8) is 0 Å². The Labute approximate surface area is 127 Å². The lowest BCUT2D eigenvalue weighted by Gasteiger charge is -2.21. The van der Waals surface area contributed by atoms with Crippen LogP contribution in [0.2, 0.25) is 0 Å². The molecule has 0 spiro atoms. The first kappa shape index (κ1) is 15.4. The monoisotopic (exact) mass is 301 g/mol. The summed E-state index contributed by atoms with van der Waals surface area (Å²) in [4.78, 5) is 16.9. The fourth-order valence-electron chi connectivity index (χ4n) is 2.21. The van der Waals surface area contributed by atoms with Gasteiger partial charge in [-0.25, -0.2) is 0 Å². The van der Waals surface area contributed by atoms with Gasteiger partial charge in [-0.2, -0.15) is 10.9 Å². The van der Waals surface area contributed by atoms with E-state index in [0.29, 0.717) is 6.42 Å². The van der Waals surface area contributed by atoms with Crippen LogP contribution in [0.3, 0.4) is 0 Å². The van der Waals surface area contributed by atoms with Crippen molar-refractivity contribution in [3.8, 4) is 0 Å². The van der Waals surface area contributed by atoms with Gasteiger partial charge in [0.15, 0.2) is 5.78 Å². The molecule has 1 unspecified atom stereocenters. The number of allylic oxidation sites excluding steroid dienone is 3. The number of hydrogen-bond donors (Lipinski definition) is 1. The zero-order chi connectivity index (χ0) is 15.5. The molecule has 0 amide bonds. The number of nitrogens with zero attached hydrogens (tertiary/aromatic N) is 3. The predicted molar refractivity (Wildman–Crippen MR) is 88.4 cm³/mol. The summed E-state index contributed by atoms with van der Waals surface area (Å²) in [5, 5.41) is 5.92. The van der Waals surface area contributed by atoms with Crippen molar-refractivity contribution in [2.24, 2.45) is 5.11 Å². The van der Waals surface area contributed by atoms with Gasteiger partial charge in [0, 0.05) is 16.2 Å². The van der Waals surface area contributed by atoms with Gasteiger partial charge in [-0.05, 0) is 39.6 Å². The van der Waals surface area contributed by atoms with Gasteiger partial charge in [0.05, 0.1) is 5.54 Å². The first-order chi connectivity index (χ1) is 9.99. The third-order valence-electron chi connectivity index (χ3n) is 3.50. The van der Waals surface area contributed by atoms with Gasteiger partial charge in [0.25, 0.3) is 0 Å². The van der Waals surface area contributed by atoms with E-state index in [9.17, 15) is 4.79 Å². The lowest BCUT2D eigenvalue weighted by molar-refractivity contribution is -0.114. The number of benzene rings is 1. The Balaban J connectivity index is 2.28. The van der Waals surface area contributed by atoms with E-state index in [1.807, 2.05) is 57.2 Å². The molecule has 1 atom stereocenters. The number of ketones is 1. The zero-order valence-electron chi connectivity index (χ0n) is 12.4. The number of carbonyl (C=O) groups excluding carboxylic acids is 1. The fourth-order valence-corrected chi connectivity index (χ4v) is 4.23. The van der Waals surface area contributed by atoms with Gasteiger partial charge < -0.3 is 0 Å². The molecule has 0 saturated heterocycles. The smallest absolute Gasteiger partial charge is 0.167 e. The highest BCUT2D eigenvalue weighted by atomic mass is 32.2. The third kappa shape index (κ3) is 3.20. The topological polar surface area (TPSA) is 65.8 Å². The second-order valence-corrected chi connectivity index (χ2v) is 7.37. The minimum Gasteiger partial charge on any atom is -0.294 e. The Kier molecular flexibility index (Phi) is 4.56. The van der Waals surface area contributed by atoms with Crippen molar-refractivity contribution in [1.29, 1.82) is 0 Å². The molecule has 1 aliphatic heterocycles. The largest absolute Gasteiger partial charge is 0.294 e. The molecule has 4 nitrogen and oxygen atoms in total. The van der Waals surface area contributed by atoms with E-state index in [0.717, 1.165) is 15.4 Å². The van der Waals surface area contributed by atoms with E-state index in [1.165, 1.54) is 0 Å². The maximum absolute atomic E-state index is 12.0. The number of azide groups is 1. The van der Waals surface area contributed by atoms with E-state index in [1.54, 1.807) is 0 Å². The minimum absolute atomic E-state index is 0.213. The van der Waals surface area contributed by atoms with Crippen molar-refractivity contribution < 1.29 is 4.79 Å². The van der Waals surface area contributed by atoms with Crippen LogP contribution in [0.25, 0.3) is 10.4 Å². The lowest BCUT2D eigenvalue weighted by atomic mass is 9.96. The Hall–Kier alpha value is -1.97. The van der Waals surface area contributed by atoms with Crippen LogP contribution in [0, 0.1) is 0 Å². The maximum atomic E-state index is 12.0. The number of thiol groups is 1. The Morgan fingerprint density at radius 3 is 2.57 bits per heavy atom. The van der Waals surface area contributed by atoms with E-state index in [4.69, 9.17) is 5.53 Å². The number of hydrogen-bond acceptors (Lipinski definition) is 2. The molecular formula is C16H19N3OS. The standard InChI is InChI=1S/C16H19N3OS/c1-4-14(20)15-6-5-11-21(15)13-9-7-12(8-10-13)16(2,3)18-19-17/h5-11,21H,4H2,1-3H3. The van der Waals surface area contributed by atoms with E-state index < -0.39 is 16.4 Å². The summed E-state index contributed by atoms with van der Waals surface area (Å²) in [6, 6.07) is 8.02. The molecule has 0 N–H and O–H groups in total. The first-order valence-corrected chi connectivity index (χ1v) is 8.28. The third-order valence-corrected chi connectivity index (χ3v) is 5.74. The average molecular weight is 301 g/mol.